The summed E-state index contributed by atoms with van der Waals surface area (Å²) in [7, 11) is 0. The molecule has 1 unspecified atom stereocenters. The Morgan fingerprint density at radius 2 is 1.76 bits per heavy atom. The van der Waals surface area contributed by atoms with Gasteiger partial charge in [0.05, 0.1) is 5.02 Å². The van der Waals surface area contributed by atoms with Crippen LogP contribution in [-0.2, 0) is 5.54 Å². The molecule has 1 fully saturated rings. The molecule has 0 radical (unpaired) electrons. The van der Waals surface area contributed by atoms with Crippen LogP contribution in [0.2, 0.25) is 5.02 Å². The van der Waals surface area contributed by atoms with E-state index in [9.17, 15) is 0 Å². The number of hydrogen-bond acceptors (Lipinski definition) is 3. The Morgan fingerprint density at radius 3 is 2.43 bits per heavy atom. The summed E-state index contributed by atoms with van der Waals surface area (Å²) in [6.07, 6.45) is 2.25. The number of furan rings is 2. The standard InChI is InChI=1S/C17H18ClNO2/c1-9-7-11-13(17(3)5-4-6-19-17)15-12(8-10(2)20-15)14(18)16(11)21-9/h7-8,19H,4-6H2,1-3H3. The fourth-order valence-electron chi connectivity index (χ4n) is 3.63. The van der Waals surface area contributed by atoms with Crippen LogP contribution >= 0.6 is 11.6 Å². The zero-order valence-electron chi connectivity index (χ0n) is 12.5. The highest BCUT2D eigenvalue weighted by Gasteiger charge is 2.36. The second-order valence-corrected chi connectivity index (χ2v) is 6.63. The second-order valence-electron chi connectivity index (χ2n) is 6.25. The topological polar surface area (TPSA) is 38.3 Å². The van der Waals surface area contributed by atoms with E-state index in [4.69, 9.17) is 20.4 Å². The predicted molar refractivity (Wildman–Crippen MR) is 85.1 cm³/mol. The van der Waals surface area contributed by atoms with Crippen LogP contribution in [0.25, 0.3) is 21.9 Å². The van der Waals surface area contributed by atoms with Gasteiger partial charge in [0.15, 0.2) is 5.58 Å². The van der Waals surface area contributed by atoms with E-state index in [0.717, 1.165) is 46.4 Å². The molecule has 1 aromatic carbocycles. The molecule has 1 saturated heterocycles. The smallest absolute Gasteiger partial charge is 0.154 e. The molecule has 1 aliphatic heterocycles. The van der Waals surface area contributed by atoms with E-state index in [0.29, 0.717) is 5.02 Å². The summed E-state index contributed by atoms with van der Waals surface area (Å²) in [6, 6.07) is 4.07. The van der Waals surface area contributed by atoms with Gasteiger partial charge in [-0.2, -0.15) is 0 Å². The molecule has 1 aliphatic rings. The molecule has 3 nitrogen and oxygen atoms in total. The van der Waals surface area contributed by atoms with Crippen LogP contribution in [0, 0.1) is 13.8 Å². The summed E-state index contributed by atoms with van der Waals surface area (Å²) < 4.78 is 11.9. The van der Waals surface area contributed by atoms with E-state index in [1.165, 1.54) is 12.0 Å². The van der Waals surface area contributed by atoms with Crippen molar-refractivity contribution in [1.82, 2.24) is 5.32 Å². The highest BCUT2D eigenvalue weighted by molar-refractivity contribution is 6.40. The third-order valence-electron chi connectivity index (χ3n) is 4.56. The molecule has 0 amide bonds. The average Bonchev–Trinajstić information content (AvgIpc) is 3.09. The maximum atomic E-state index is 6.55. The summed E-state index contributed by atoms with van der Waals surface area (Å²) in [4.78, 5) is 0. The van der Waals surface area contributed by atoms with Gasteiger partial charge in [-0.05, 0) is 52.3 Å². The molecular weight excluding hydrogens is 286 g/mol. The summed E-state index contributed by atoms with van der Waals surface area (Å²) >= 11 is 6.55. The second kappa shape index (κ2) is 4.28. The summed E-state index contributed by atoms with van der Waals surface area (Å²) in [5.41, 5.74) is 2.75. The SMILES string of the molecule is Cc1cc2c(C3(C)CCCN3)c3oc(C)cc3c(Cl)c2o1. The van der Waals surface area contributed by atoms with Crippen molar-refractivity contribution in [2.45, 2.75) is 39.2 Å². The zero-order chi connectivity index (χ0) is 14.8. The van der Waals surface area contributed by atoms with Gasteiger partial charge in [-0.25, -0.2) is 0 Å². The molecule has 3 heterocycles. The van der Waals surface area contributed by atoms with Gasteiger partial charge in [0.2, 0.25) is 0 Å². The molecular formula is C17H18ClNO2. The van der Waals surface area contributed by atoms with Gasteiger partial charge in [-0.1, -0.05) is 11.6 Å². The van der Waals surface area contributed by atoms with Crippen molar-refractivity contribution < 1.29 is 8.83 Å². The first-order chi connectivity index (χ1) is 9.99. The Hall–Kier alpha value is -1.45. The van der Waals surface area contributed by atoms with Crippen LogP contribution in [0.3, 0.4) is 0 Å². The van der Waals surface area contributed by atoms with Gasteiger partial charge in [0.1, 0.15) is 17.1 Å². The van der Waals surface area contributed by atoms with E-state index in [1.54, 1.807) is 0 Å². The Balaban J connectivity index is 2.20. The third-order valence-corrected chi connectivity index (χ3v) is 4.94. The molecule has 1 N–H and O–H groups in total. The Bertz CT molecular complexity index is 795. The lowest BCUT2D eigenvalue weighted by atomic mass is 9.87. The van der Waals surface area contributed by atoms with Crippen molar-refractivity contribution in [2.24, 2.45) is 0 Å². The molecule has 1 atom stereocenters. The molecule has 2 aromatic heterocycles. The Kier molecular flexibility index (Phi) is 2.69. The van der Waals surface area contributed by atoms with Crippen molar-refractivity contribution in [3.05, 3.63) is 34.2 Å². The highest BCUT2D eigenvalue weighted by atomic mass is 35.5. The molecule has 4 heteroatoms. The summed E-state index contributed by atoms with van der Waals surface area (Å²) in [6.45, 7) is 7.18. The number of hydrogen-bond donors (Lipinski definition) is 1. The van der Waals surface area contributed by atoms with Gasteiger partial charge in [0, 0.05) is 21.9 Å². The maximum absolute atomic E-state index is 6.55. The molecule has 110 valence electrons. The van der Waals surface area contributed by atoms with Crippen LogP contribution in [0.1, 0.15) is 36.8 Å². The van der Waals surface area contributed by atoms with E-state index in [-0.39, 0.29) is 5.54 Å². The van der Waals surface area contributed by atoms with Crippen molar-refractivity contribution in [3.63, 3.8) is 0 Å². The van der Waals surface area contributed by atoms with Crippen LogP contribution in [0.4, 0.5) is 0 Å². The minimum Gasteiger partial charge on any atom is -0.461 e. The molecule has 0 bridgehead atoms. The number of rotatable bonds is 1. The van der Waals surface area contributed by atoms with Gasteiger partial charge >= 0.3 is 0 Å². The van der Waals surface area contributed by atoms with Crippen molar-refractivity contribution in [2.75, 3.05) is 6.54 Å². The van der Waals surface area contributed by atoms with E-state index in [2.05, 4.69) is 18.3 Å². The normalized spacial score (nSPS) is 22.7. The predicted octanol–water partition coefficient (Wildman–Crippen LogP) is 5.05. The fraction of sp³-hybridized carbons (Fsp3) is 0.412. The monoisotopic (exact) mass is 303 g/mol. The molecule has 21 heavy (non-hydrogen) atoms. The van der Waals surface area contributed by atoms with Crippen LogP contribution in [0.5, 0.6) is 0 Å². The molecule has 0 aliphatic carbocycles. The van der Waals surface area contributed by atoms with Crippen molar-refractivity contribution in [3.8, 4) is 0 Å². The first kappa shape index (κ1) is 13.2. The maximum Gasteiger partial charge on any atom is 0.154 e. The van der Waals surface area contributed by atoms with Gasteiger partial charge < -0.3 is 14.2 Å². The lowest BCUT2D eigenvalue weighted by molar-refractivity contribution is 0.433. The van der Waals surface area contributed by atoms with Crippen LogP contribution < -0.4 is 5.32 Å². The van der Waals surface area contributed by atoms with Crippen molar-refractivity contribution >= 4 is 33.5 Å². The lowest BCUT2D eigenvalue weighted by Crippen LogP contribution is -2.33. The zero-order valence-corrected chi connectivity index (χ0v) is 13.2. The first-order valence-electron chi connectivity index (χ1n) is 7.37. The van der Waals surface area contributed by atoms with E-state index in [1.807, 2.05) is 19.9 Å². The molecule has 4 rings (SSSR count). The number of nitrogens with one attached hydrogen (secondary N) is 1. The number of fused-ring (bicyclic) bond motifs is 2. The number of aryl methyl sites for hydroxylation is 2. The summed E-state index contributed by atoms with van der Waals surface area (Å²) in [5, 5.41) is 6.29. The number of benzene rings is 1. The van der Waals surface area contributed by atoms with E-state index < -0.39 is 0 Å². The van der Waals surface area contributed by atoms with E-state index >= 15 is 0 Å². The van der Waals surface area contributed by atoms with Gasteiger partial charge in [0.25, 0.3) is 0 Å². The molecule has 3 aromatic rings. The van der Waals surface area contributed by atoms with Crippen molar-refractivity contribution in [1.29, 1.82) is 0 Å². The Labute approximate surface area is 128 Å². The van der Waals surface area contributed by atoms with Gasteiger partial charge in [-0.3, -0.25) is 0 Å². The van der Waals surface area contributed by atoms with Crippen LogP contribution in [-0.4, -0.2) is 6.54 Å². The highest BCUT2D eigenvalue weighted by Crippen LogP contribution is 2.45. The number of halogens is 1. The quantitative estimate of drug-likeness (QED) is 0.684. The van der Waals surface area contributed by atoms with Crippen LogP contribution in [0.15, 0.2) is 21.0 Å². The molecule has 0 saturated carbocycles. The third kappa shape index (κ3) is 1.77. The Morgan fingerprint density at radius 1 is 1.10 bits per heavy atom. The minimum atomic E-state index is -0.0955. The largest absolute Gasteiger partial charge is 0.461 e. The summed E-state index contributed by atoms with van der Waals surface area (Å²) in [5.74, 6) is 1.75. The molecule has 0 spiro atoms. The average molecular weight is 304 g/mol. The minimum absolute atomic E-state index is 0.0955. The lowest BCUT2D eigenvalue weighted by Gasteiger charge is -2.26. The van der Waals surface area contributed by atoms with Gasteiger partial charge in [-0.15, -0.1) is 0 Å². The fourth-order valence-corrected chi connectivity index (χ4v) is 3.91. The first-order valence-corrected chi connectivity index (χ1v) is 7.75.